The zero-order valence-corrected chi connectivity index (χ0v) is 13.4. The lowest BCUT2D eigenvalue weighted by Gasteiger charge is -2.43. The van der Waals surface area contributed by atoms with Crippen LogP contribution in [0.1, 0.15) is 31.7 Å². The van der Waals surface area contributed by atoms with Gasteiger partial charge in [-0.1, -0.05) is 12.1 Å². The SMILES string of the molecule is O=c1[nH]c2ccccc2n1C1CCN(CC23CNC(C2)C3)CC1. The molecule has 2 N–H and O–H groups in total. The molecule has 1 aliphatic carbocycles. The first kappa shape index (κ1) is 13.8. The van der Waals surface area contributed by atoms with Gasteiger partial charge in [0.25, 0.3) is 0 Å². The van der Waals surface area contributed by atoms with Gasteiger partial charge in [-0.3, -0.25) is 4.57 Å². The van der Waals surface area contributed by atoms with Crippen molar-refractivity contribution in [3.05, 3.63) is 34.7 Å². The van der Waals surface area contributed by atoms with Crippen LogP contribution in [0.15, 0.2) is 29.1 Å². The predicted octanol–water partition coefficient (Wildman–Crippen LogP) is 1.72. The van der Waals surface area contributed by atoms with Crippen LogP contribution in [0, 0.1) is 5.41 Å². The van der Waals surface area contributed by atoms with Gasteiger partial charge in [0, 0.05) is 38.3 Å². The van der Waals surface area contributed by atoms with Crippen molar-refractivity contribution in [1.29, 1.82) is 0 Å². The molecule has 0 spiro atoms. The lowest BCUT2D eigenvalue weighted by molar-refractivity contribution is 0.0833. The highest BCUT2D eigenvalue weighted by atomic mass is 16.1. The van der Waals surface area contributed by atoms with Gasteiger partial charge in [-0.2, -0.15) is 0 Å². The maximum Gasteiger partial charge on any atom is 0.326 e. The van der Waals surface area contributed by atoms with Gasteiger partial charge in [0.1, 0.15) is 0 Å². The molecule has 2 bridgehead atoms. The Morgan fingerprint density at radius 3 is 2.70 bits per heavy atom. The molecule has 4 fully saturated rings. The van der Waals surface area contributed by atoms with Gasteiger partial charge in [0.2, 0.25) is 0 Å². The fraction of sp³-hybridized carbons (Fsp3) is 0.611. The van der Waals surface area contributed by atoms with E-state index >= 15 is 0 Å². The fourth-order valence-electron chi connectivity index (χ4n) is 5.07. The molecule has 23 heavy (non-hydrogen) atoms. The molecule has 0 amide bonds. The number of rotatable bonds is 3. The van der Waals surface area contributed by atoms with Gasteiger partial charge in [-0.15, -0.1) is 0 Å². The van der Waals surface area contributed by atoms with Gasteiger partial charge in [-0.05, 0) is 43.2 Å². The number of hydrogen-bond acceptors (Lipinski definition) is 3. The molecule has 1 aromatic carbocycles. The van der Waals surface area contributed by atoms with Crippen molar-refractivity contribution in [2.75, 3.05) is 26.2 Å². The maximum absolute atomic E-state index is 12.3. The number of fused-ring (bicyclic) bond motifs is 2. The molecule has 122 valence electrons. The zero-order chi connectivity index (χ0) is 15.4. The molecule has 0 unspecified atom stereocenters. The molecule has 2 aromatic rings. The summed E-state index contributed by atoms with van der Waals surface area (Å²) in [6.45, 7) is 4.68. The maximum atomic E-state index is 12.3. The number of nitrogens with one attached hydrogen (secondary N) is 2. The van der Waals surface area contributed by atoms with Crippen molar-refractivity contribution >= 4 is 11.0 Å². The predicted molar refractivity (Wildman–Crippen MR) is 90.7 cm³/mol. The summed E-state index contributed by atoms with van der Waals surface area (Å²) in [7, 11) is 0. The number of piperidine rings is 1. The first-order valence-electron chi connectivity index (χ1n) is 8.88. The third-order valence-corrected chi connectivity index (χ3v) is 6.23. The second kappa shape index (κ2) is 4.95. The summed E-state index contributed by atoms with van der Waals surface area (Å²) in [6.07, 6.45) is 4.90. The Labute approximate surface area is 135 Å². The molecule has 4 aliphatic rings. The van der Waals surface area contributed by atoms with E-state index in [-0.39, 0.29) is 5.69 Å². The standard InChI is InChI=1S/C18H24N4O/c23-17-20-15-3-1-2-4-16(15)22(17)14-5-7-21(8-6-14)12-18-9-13(10-18)19-11-18/h1-4,13-14,19H,5-12H2,(H,20,23). The number of aromatic nitrogens is 2. The van der Waals surface area contributed by atoms with Crippen LogP contribution in [0.4, 0.5) is 0 Å². The number of hydrogen-bond donors (Lipinski definition) is 2. The number of H-pyrrole nitrogens is 1. The number of para-hydroxylation sites is 2. The van der Waals surface area contributed by atoms with Crippen molar-refractivity contribution in [2.45, 2.75) is 37.8 Å². The number of likely N-dealkylation sites (tertiary alicyclic amines) is 1. The minimum absolute atomic E-state index is 0.0464. The highest BCUT2D eigenvalue weighted by Gasteiger charge is 2.50. The van der Waals surface area contributed by atoms with Crippen LogP contribution >= 0.6 is 0 Å². The van der Waals surface area contributed by atoms with E-state index in [1.165, 1.54) is 25.9 Å². The quantitative estimate of drug-likeness (QED) is 0.907. The average Bonchev–Trinajstić information content (AvgIpc) is 3.19. The van der Waals surface area contributed by atoms with E-state index < -0.39 is 0 Å². The third-order valence-electron chi connectivity index (χ3n) is 6.23. The smallest absolute Gasteiger partial charge is 0.313 e. The van der Waals surface area contributed by atoms with Crippen LogP contribution in [0.5, 0.6) is 0 Å². The van der Waals surface area contributed by atoms with Gasteiger partial charge in [0.05, 0.1) is 11.0 Å². The van der Waals surface area contributed by atoms with Gasteiger partial charge in [-0.25, -0.2) is 4.79 Å². The summed E-state index contributed by atoms with van der Waals surface area (Å²) < 4.78 is 1.99. The lowest BCUT2D eigenvalue weighted by atomic mass is 9.69. The Morgan fingerprint density at radius 1 is 1.17 bits per heavy atom. The van der Waals surface area contributed by atoms with Crippen LogP contribution in [-0.4, -0.2) is 46.7 Å². The number of nitrogens with zero attached hydrogens (tertiary/aromatic N) is 2. The second-order valence-electron chi connectivity index (χ2n) is 7.81. The first-order valence-corrected chi connectivity index (χ1v) is 8.88. The van der Waals surface area contributed by atoms with Crippen molar-refractivity contribution in [3.63, 3.8) is 0 Å². The molecule has 3 aliphatic heterocycles. The van der Waals surface area contributed by atoms with E-state index in [0.717, 1.165) is 43.0 Å². The van der Waals surface area contributed by atoms with E-state index in [1.54, 1.807) is 0 Å². The summed E-state index contributed by atoms with van der Waals surface area (Å²) >= 11 is 0. The number of imidazole rings is 1. The highest BCUT2D eigenvalue weighted by Crippen LogP contribution is 2.47. The fourth-order valence-corrected chi connectivity index (χ4v) is 5.07. The summed E-state index contributed by atoms with van der Waals surface area (Å²) in [4.78, 5) is 18.0. The van der Waals surface area contributed by atoms with E-state index in [2.05, 4.69) is 21.3 Å². The van der Waals surface area contributed by atoms with E-state index in [1.807, 2.05) is 22.8 Å². The summed E-state index contributed by atoms with van der Waals surface area (Å²) in [6, 6.07) is 9.17. The summed E-state index contributed by atoms with van der Waals surface area (Å²) in [5.74, 6) is 0. The van der Waals surface area contributed by atoms with E-state index in [0.29, 0.717) is 11.5 Å². The summed E-state index contributed by atoms with van der Waals surface area (Å²) in [5.41, 5.74) is 2.62. The molecule has 3 saturated heterocycles. The molecule has 4 heterocycles. The van der Waals surface area contributed by atoms with Crippen LogP contribution in [-0.2, 0) is 0 Å². The Morgan fingerprint density at radius 2 is 1.96 bits per heavy atom. The van der Waals surface area contributed by atoms with E-state index in [4.69, 9.17) is 0 Å². The number of benzene rings is 1. The second-order valence-corrected chi connectivity index (χ2v) is 7.81. The molecule has 1 saturated carbocycles. The monoisotopic (exact) mass is 312 g/mol. The van der Waals surface area contributed by atoms with Crippen molar-refractivity contribution in [2.24, 2.45) is 5.41 Å². The normalized spacial score (nSPS) is 31.6. The first-order chi connectivity index (χ1) is 11.2. The topological polar surface area (TPSA) is 53.1 Å². The Hall–Kier alpha value is -1.59. The Kier molecular flexibility index (Phi) is 2.97. The molecule has 0 radical (unpaired) electrons. The minimum atomic E-state index is 0.0464. The molecule has 6 rings (SSSR count). The van der Waals surface area contributed by atoms with Crippen LogP contribution in [0.3, 0.4) is 0 Å². The highest BCUT2D eigenvalue weighted by molar-refractivity contribution is 5.75. The molecular weight excluding hydrogens is 288 g/mol. The molecular formula is C18H24N4O. The average molecular weight is 312 g/mol. The van der Waals surface area contributed by atoms with Crippen LogP contribution in [0.2, 0.25) is 0 Å². The van der Waals surface area contributed by atoms with Crippen molar-refractivity contribution < 1.29 is 0 Å². The molecule has 5 heteroatoms. The van der Waals surface area contributed by atoms with Gasteiger partial charge < -0.3 is 15.2 Å². The summed E-state index contributed by atoms with van der Waals surface area (Å²) in [5, 5.41) is 3.61. The Balaban J connectivity index is 1.30. The largest absolute Gasteiger partial charge is 0.326 e. The molecule has 1 aromatic heterocycles. The van der Waals surface area contributed by atoms with Crippen molar-refractivity contribution in [1.82, 2.24) is 19.8 Å². The van der Waals surface area contributed by atoms with E-state index in [9.17, 15) is 4.79 Å². The third kappa shape index (κ3) is 2.17. The van der Waals surface area contributed by atoms with Crippen LogP contribution < -0.4 is 11.0 Å². The zero-order valence-electron chi connectivity index (χ0n) is 13.4. The van der Waals surface area contributed by atoms with Gasteiger partial charge >= 0.3 is 5.69 Å². The van der Waals surface area contributed by atoms with Crippen LogP contribution in [0.25, 0.3) is 11.0 Å². The molecule has 0 atom stereocenters. The Bertz CT molecular complexity index is 772. The van der Waals surface area contributed by atoms with Gasteiger partial charge in [0.15, 0.2) is 0 Å². The molecule has 5 nitrogen and oxygen atoms in total. The lowest BCUT2D eigenvalue weighted by Crippen LogP contribution is -2.47. The van der Waals surface area contributed by atoms with Crippen molar-refractivity contribution in [3.8, 4) is 0 Å². The number of aromatic amines is 1. The minimum Gasteiger partial charge on any atom is -0.313 e.